The molecule has 1 aliphatic heterocycles. The number of anilines is 1. The first-order valence-corrected chi connectivity index (χ1v) is 11.1. The summed E-state index contributed by atoms with van der Waals surface area (Å²) in [6.45, 7) is 6.01. The van der Waals surface area contributed by atoms with Gasteiger partial charge in [0.1, 0.15) is 3.82 Å². The zero-order chi connectivity index (χ0) is 20.2. The Hall–Kier alpha value is -2.42. The fraction of sp³-hybridized carbons (Fsp3) is 0.200. The van der Waals surface area contributed by atoms with Gasteiger partial charge in [-0.15, -0.1) is 0 Å². The van der Waals surface area contributed by atoms with Crippen molar-refractivity contribution in [2.24, 2.45) is 0 Å². The molecule has 5 nitrogen and oxygen atoms in total. The van der Waals surface area contributed by atoms with E-state index in [-0.39, 0.29) is 11.6 Å². The maximum atomic E-state index is 13.5. The number of nitro groups is 1. The van der Waals surface area contributed by atoms with Crippen molar-refractivity contribution in [3.63, 3.8) is 0 Å². The number of hydrogen-bond acceptors (Lipinski definition) is 6. The van der Waals surface area contributed by atoms with E-state index in [1.807, 2.05) is 39.0 Å². The Bertz CT molecular complexity index is 1180. The first-order chi connectivity index (χ1) is 13.2. The van der Waals surface area contributed by atoms with E-state index in [9.17, 15) is 14.9 Å². The summed E-state index contributed by atoms with van der Waals surface area (Å²) in [7, 11) is 3.15. The highest BCUT2D eigenvalue weighted by molar-refractivity contribution is 7.80. The van der Waals surface area contributed by atoms with Crippen LogP contribution in [0.4, 0.5) is 11.4 Å². The number of nitrogens with zero attached hydrogens (tertiary/aromatic N) is 2. The lowest BCUT2D eigenvalue weighted by Crippen LogP contribution is -2.47. The van der Waals surface area contributed by atoms with Crippen LogP contribution in [-0.2, 0) is 5.54 Å². The Morgan fingerprint density at radius 1 is 1.14 bits per heavy atom. The van der Waals surface area contributed by atoms with Gasteiger partial charge in [0.05, 0.1) is 21.0 Å². The lowest BCUT2D eigenvalue weighted by atomic mass is 9.86. The van der Waals surface area contributed by atoms with Gasteiger partial charge < -0.3 is 0 Å². The molecule has 0 radical (unpaired) electrons. The number of carbonyl (C=O) groups excluding carboxylic acids is 1. The molecular formula is C20H16N2O3S3. The second-order valence-corrected chi connectivity index (χ2v) is 10.00. The summed E-state index contributed by atoms with van der Waals surface area (Å²) >= 11 is 5.58. The lowest BCUT2D eigenvalue weighted by Gasteiger charge is -2.43. The molecule has 0 unspecified atom stereocenters. The van der Waals surface area contributed by atoms with E-state index in [0.717, 1.165) is 31.1 Å². The predicted octanol–water partition coefficient (Wildman–Crippen LogP) is 6.32. The second kappa shape index (κ2) is 6.58. The van der Waals surface area contributed by atoms with Crippen LogP contribution in [0.15, 0.2) is 42.5 Å². The molecule has 0 N–H and O–H groups in total. The molecule has 2 heterocycles. The largest absolute Gasteiger partial charge is 0.297 e. The van der Waals surface area contributed by atoms with E-state index in [1.54, 1.807) is 25.6 Å². The Kier molecular flexibility index (Phi) is 4.45. The average molecular weight is 429 g/mol. The summed E-state index contributed by atoms with van der Waals surface area (Å²) in [5, 5.41) is 10.9. The van der Waals surface area contributed by atoms with Crippen LogP contribution in [0.2, 0.25) is 0 Å². The van der Waals surface area contributed by atoms with Crippen LogP contribution in [0, 0.1) is 20.9 Å². The van der Waals surface area contributed by atoms with Crippen molar-refractivity contribution in [3.8, 4) is 11.1 Å². The van der Waals surface area contributed by atoms with Gasteiger partial charge in [0.2, 0.25) is 0 Å². The number of rotatable bonds is 2. The number of fused-ring (bicyclic) bond motifs is 3. The van der Waals surface area contributed by atoms with E-state index in [2.05, 4.69) is 0 Å². The van der Waals surface area contributed by atoms with Crippen LogP contribution >= 0.6 is 32.9 Å². The summed E-state index contributed by atoms with van der Waals surface area (Å²) in [5.74, 6) is -0.193. The highest BCUT2D eigenvalue weighted by Crippen LogP contribution is 2.52. The Labute approximate surface area is 174 Å². The topological polar surface area (TPSA) is 63.5 Å². The number of hydrogen-bond donors (Lipinski definition) is 0. The van der Waals surface area contributed by atoms with Gasteiger partial charge in [-0.25, -0.2) is 0 Å². The van der Waals surface area contributed by atoms with Gasteiger partial charge in [-0.05, 0) is 44.5 Å². The summed E-state index contributed by atoms with van der Waals surface area (Å²) in [5.41, 5.74) is 3.64. The highest BCUT2D eigenvalue weighted by atomic mass is 32.9. The Balaban J connectivity index is 1.91. The maximum Gasteiger partial charge on any atom is 0.269 e. The molecule has 28 heavy (non-hydrogen) atoms. The van der Waals surface area contributed by atoms with Crippen LogP contribution in [0.5, 0.6) is 0 Å². The van der Waals surface area contributed by atoms with Crippen LogP contribution < -0.4 is 4.90 Å². The number of aryl methyl sites for hydroxylation is 1. The Morgan fingerprint density at radius 2 is 1.82 bits per heavy atom. The zero-order valence-corrected chi connectivity index (χ0v) is 17.8. The molecule has 0 aliphatic carbocycles. The fourth-order valence-corrected chi connectivity index (χ4v) is 6.84. The van der Waals surface area contributed by atoms with E-state index < -0.39 is 10.5 Å². The van der Waals surface area contributed by atoms with Crippen molar-refractivity contribution in [2.75, 3.05) is 4.90 Å². The lowest BCUT2D eigenvalue weighted by molar-refractivity contribution is -0.384. The van der Waals surface area contributed by atoms with Gasteiger partial charge in [-0.3, -0.25) is 19.8 Å². The van der Waals surface area contributed by atoms with E-state index in [4.69, 9.17) is 12.2 Å². The highest BCUT2D eigenvalue weighted by Gasteiger charge is 2.43. The quantitative estimate of drug-likeness (QED) is 0.207. The third-order valence-electron chi connectivity index (χ3n) is 4.94. The monoisotopic (exact) mass is 428 g/mol. The van der Waals surface area contributed by atoms with Crippen LogP contribution in [-0.4, -0.2) is 10.8 Å². The van der Waals surface area contributed by atoms with Crippen molar-refractivity contribution in [1.82, 2.24) is 0 Å². The summed E-state index contributed by atoms with van der Waals surface area (Å²) in [6, 6.07) is 11.8. The molecule has 0 atom stereocenters. The number of carbonyl (C=O) groups is 1. The van der Waals surface area contributed by atoms with Gasteiger partial charge >= 0.3 is 0 Å². The zero-order valence-electron chi connectivity index (χ0n) is 15.4. The first kappa shape index (κ1) is 18.9. The van der Waals surface area contributed by atoms with Crippen molar-refractivity contribution in [2.45, 2.75) is 26.3 Å². The van der Waals surface area contributed by atoms with Crippen molar-refractivity contribution < 1.29 is 9.72 Å². The SMILES string of the molecule is Cc1ccc2c(c1)N(C(=O)c1ccc([N+](=O)[O-])cc1)C(C)(C)c1ssc(=S)c1-2. The van der Waals surface area contributed by atoms with Crippen molar-refractivity contribution in [1.29, 1.82) is 0 Å². The molecule has 1 aromatic heterocycles. The normalized spacial score (nSPS) is 14.3. The smallest absolute Gasteiger partial charge is 0.269 e. The number of amides is 1. The molecule has 0 saturated carbocycles. The fourth-order valence-electron chi connectivity index (χ4n) is 3.55. The summed E-state index contributed by atoms with van der Waals surface area (Å²) in [4.78, 5) is 26.8. The number of non-ortho nitro benzene ring substituents is 1. The molecule has 0 fully saturated rings. The van der Waals surface area contributed by atoms with Crippen LogP contribution in [0.25, 0.3) is 11.1 Å². The molecule has 2 aromatic carbocycles. The van der Waals surface area contributed by atoms with Gasteiger partial charge in [-0.1, -0.05) is 45.0 Å². The predicted molar refractivity (Wildman–Crippen MR) is 116 cm³/mol. The third kappa shape index (κ3) is 2.80. The molecule has 4 rings (SSSR count). The molecule has 1 amide bonds. The van der Waals surface area contributed by atoms with Crippen molar-refractivity contribution >= 4 is 50.2 Å². The first-order valence-electron chi connectivity index (χ1n) is 8.55. The molecule has 1 aliphatic rings. The minimum Gasteiger partial charge on any atom is -0.297 e. The maximum absolute atomic E-state index is 13.5. The van der Waals surface area contributed by atoms with Gasteiger partial charge in [0.25, 0.3) is 11.6 Å². The van der Waals surface area contributed by atoms with Crippen LogP contribution in [0.3, 0.4) is 0 Å². The summed E-state index contributed by atoms with van der Waals surface area (Å²) in [6.07, 6.45) is 0. The second-order valence-electron chi connectivity index (χ2n) is 7.18. The summed E-state index contributed by atoms with van der Waals surface area (Å²) < 4.78 is 0.834. The Morgan fingerprint density at radius 3 is 2.46 bits per heavy atom. The van der Waals surface area contributed by atoms with E-state index in [1.165, 1.54) is 24.3 Å². The molecule has 0 bridgehead atoms. The van der Waals surface area contributed by atoms with E-state index in [0.29, 0.717) is 5.56 Å². The van der Waals surface area contributed by atoms with Crippen LogP contribution in [0.1, 0.15) is 34.6 Å². The third-order valence-corrected chi connectivity index (χ3v) is 8.27. The van der Waals surface area contributed by atoms with Gasteiger partial charge in [0.15, 0.2) is 0 Å². The molecular weight excluding hydrogens is 412 g/mol. The molecule has 142 valence electrons. The molecule has 8 heteroatoms. The minimum absolute atomic E-state index is 0.0382. The minimum atomic E-state index is -0.590. The number of benzene rings is 2. The van der Waals surface area contributed by atoms with Gasteiger partial charge in [0, 0.05) is 28.8 Å². The number of nitro benzene ring substituents is 1. The van der Waals surface area contributed by atoms with E-state index >= 15 is 0 Å². The molecule has 0 spiro atoms. The molecule has 3 aromatic rings. The standard InChI is InChI=1S/C20H16N2O3S3/c1-11-4-9-14-15(10-11)21(20(2,3)17-16(14)19(26)28-27-17)18(23)12-5-7-13(8-6-12)22(24)25/h4-10H,1-3H3. The van der Waals surface area contributed by atoms with Gasteiger partial charge in [-0.2, -0.15) is 0 Å². The average Bonchev–Trinajstić information content (AvgIpc) is 3.04. The molecule has 0 saturated heterocycles. The van der Waals surface area contributed by atoms with Crippen molar-refractivity contribution in [3.05, 3.63) is 72.4 Å².